The zero-order valence-corrected chi connectivity index (χ0v) is 18.1. The van der Waals surface area contributed by atoms with Crippen molar-refractivity contribution in [1.29, 1.82) is 0 Å². The van der Waals surface area contributed by atoms with Gasteiger partial charge in [0, 0.05) is 25.3 Å². The lowest BCUT2D eigenvalue weighted by atomic mass is 9.92. The van der Waals surface area contributed by atoms with Gasteiger partial charge in [0.05, 0.1) is 17.8 Å². The predicted molar refractivity (Wildman–Crippen MR) is 112 cm³/mol. The highest BCUT2D eigenvalue weighted by Gasteiger charge is 2.32. The molecule has 3 heterocycles. The summed E-state index contributed by atoms with van der Waals surface area (Å²) in [6.07, 6.45) is 5.44. The van der Waals surface area contributed by atoms with Crippen LogP contribution in [-0.4, -0.2) is 58.2 Å². The highest BCUT2D eigenvalue weighted by molar-refractivity contribution is 7.90. The lowest BCUT2D eigenvalue weighted by Gasteiger charge is -2.35. The van der Waals surface area contributed by atoms with Gasteiger partial charge in [-0.1, -0.05) is 29.8 Å². The van der Waals surface area contributed by atoms with Gasteiger partial charge in [-0.25, -0.2) is 13.4 Å². The van der Waals surface area contributed by atoms with Crippen molar-refractivity contribution >= 4 is 21.5 Å². The fourth-order valence-corrected chi connectivity index (χ4v) is 4.99. The number of rotatable bonds is 4. The Balaban J connectivity index is 1.65. The molecule has 158 valence electrons. The molecule has 2 atom stereocenters. The van der Waals surface area contributed by atoms with Crippen molar-refractivity contribution in [3.8, 4) is 0 Å². The number of aromatic nitrogens is 4. The number of hydrogen-bond donors (Lipinski definition) is 0. The quantitative estimate of drug-likeness (QED) is 0.634. The fourth-order valence-electron chi connectivity index (χ4n) is 4.11. The molecular weight excluding hydrogens is 402 g/mol. The van der Waals surface area contributed by atoms with Crippen LogP contribution in [0.5, 0.6) is 0 Å². The normalized spacial score (nSPS) is 18.5. The largest absolute Gasteiger partial charge is 0.342 e. The molecule has 0 N–H and O–H groups in total. The lowest BCUT2D eigenvalue weighted by molar-refractivity contribution is -0.133. The first-order valence-corrected chi connectivity index (χ1v) is 11.9. The second-order valence-corrected chi connectivity index (χ2v) is 9.99. The number of amides is 1. The van der Waals surface area contributed by atoms with Gasteiger partial charge < -0.3 is 4.90 Å². The van der Waals surface area contributed by atoms with Gasteiger partial charge >= 0.3 is 0 Å². The molecule has 1 fully saturated rings. The van der Waals surface area contributed by atoms with Crippen LogP contribution in [0.4, 0.5) is 0 Å². The molecule has 0 aliphatic carbocycles. The number of piperidine rings is 1. The monoisotopic (exact) mass is 427 g/mol. The summed E-state index contributed by atoms with van der Waals surface area (Å²) < 4.78 is 26.3. The molecular formula is C21H25N5O3S. The summed E-state index contributed by atoms with van der Waals surface area (Å²) in [5.74, 6) is -0.0189. The van der Waals surface area contributed by atoms with Crippen LogP contribution in [0.3, 0.4) is 0 Å². The molecule has 0 radical (unpaired) electrons. The van der Waals surface area contributed by atoms with Crippen molar-refractivity contribution in [3.05, 3.63) is 53.6 Å². The van der Waals surface area contributed by atoms with Crippen LogP contribution in [-0.2, 0) is 14.6 Å². The number of sulfone groups is 1. The third-order valence-corrected chi connectivity index (χ3v) is 6.89. The first-order chi connectivity index (χ1) is 14.3. The molecule has 1 aliphatic rings. The van der Waals surface area contributed by atoms with Crippen LogP contribution in [0.15, 0.2) is 41.7 Å². The number of carbonyl (C=O) groups excluding carboxylic acids is 1. The molecule has 1 saturated heterocycles. The Morgan fingerprint density at radius 2 is 1.93 bits per heavy atom. The highest BCUT2D eigenvalue weighted by Crippen LogP contribution is 2.32. The molecule has 0 unspecified atom stereocenters. The molecule has 1 amide bonds. The summed E-state index contributed by atoms with van der Waals surface area (Å²) in [5, 5.41) is 4.20. The summed E-state index contributed by atoms with van der Waals surface area (Å²) in [6.45, 7) is 5.03. The molecule has 0 bridgehead atoms. The topological polar surface area (TPSA) is 97.5 Å². The SMILES string of the molecule is Cc1ccc([C@@H](C)C(=O)N2CCC[C@H](c3c(S(C)(=O)=O)cnc4ncnn34)C2)cc1. The number of carbonyl (C=O) groups is 1. The summed E-state index contributed by atoms with van der Waals surface area (Å²) in [6, 6.07) is 8.00. The van der Waals surface area contributed by atoms with Crippen LogP contribution in [0.2, 0.25) is 0 Å². The minimum absolute atomic E-state index is 0.0494. The van der Waals surface area contributed by atoms with E-state index in [1.165, 1.54) is 23.3 Å². The number of hydrogen-bond acceptors (Lipinski definition) is 6. The van der Waals surface area contributed by atoms with Gasteiger partial charge in [0.15, 0.2) is 9.84 Å². The van der Waals surface area contributed by atoms with Gasteiger partial charge in [0.2, 0.25) is 5.91 Å². The number of aryl methyl sites for hydroxylation is 1. The molecule has 0 spiro atoms. The fraction of sp³-hybridized carbons (Fsp3) is 0.429. The Hall–Kier alpha value is -2.81. The minimum atomic E-state index is -3.51. The van der Waals surface area contributed by atoms with Crippen molar-refractivity contribution in [2.45, 2.75) is 43.4 Å². The molecule has 2 aromatic heterocycles. The average Bonchev–Trinajstić information content (AvgIpc) is 3.21. The van der Waals surface area contributed by atoms with E-state index in [1.54, 1.807) is 0 Å². The summed E-state index contributed by atoms with van der Waals surface area (Å²) >= 11 is 0. The van der Waals surface area contributed by atoms with E-state index in [1.807, 2.05) is 43.0 Å². The average molecular weight is 428 g/mol. The van der Waals surface area contributed by atoms with Crippen molar-refractivity contribution in [3.63, 3.8) is 0 Å². The van der Waals surface area contributed by atoms with Crippen LogP contribution in [0.25, 0.3) is 5.78 Å². The Bertz CT molecular complexity index is 1190. The summed E-state index contributed by atoms with van der Waals surface area (Å²) in [5.41, 5.74) is 2.69. The Labute approximate surface area is 175 Å². The van der Waals surface area contributed by atoms with Crippen LogP contribution < -0.4 is 0 Å². The molecule has 1 aromatic carbocycles. The van der Waals surface area contributed by atoms with Gasteiger partial charge in [-0.3, -0.25) is 4.79 Å². The van der Waals surface area contributed by atoms with E-state index >= 15 is 0 Å². The van der Waals surface area contributed by atoms with E-state index < -0.39 is 9.84 Å². The number of likely N-dealkylation sites (tertiary alicyclic amines) is 1. The number of nitrogens with zero attached hydrogens (tertiary/aromatic N) is 5. The van der Waals surface area contributed by atoms with E-state index in [4.69, 9.17) is 0 Å². The molecule has 0 saturated carbocycles. The lowest BCUT2D eigenvalue weighted by Crippen LogP contribution is -2.41. The highest BCUT2D eigenvalue weighted by atomic mass is 32.2. The standard InChI is InChI=1S/C21H25N5O3S/c1-14-6-8-16(9-7-14)15(2)20(27)25-10-4-5-17(12-25)19-18(30(3,28)29)11-22-21-23-13-24-26(19)21/h6-9,11,13,15,17H,4-5,10,12H2,1-3H3/t15-,17+/m1/s1. The first kappa shape index (κ1) is 20.5. The zero-order valence-electron chi connectivity index (χ0n) is 17.3. The second kappa shape index (κ2) is 7.79. The summed E-state index contributed by atoms with van der Waals surface area (Å²) in [4.78, 5) is 23.4. The molecule has 1 aliphatic heterocycles. The van der Waals surface area contributed by atoms with E-state index in [-0.39, 0.29) is 22.6 Å². The van der Waals surface area contributed by atoms with Crippen LogP contribution in [0, 0.1) is 6.92 Å². The zero-order chi connectivity index (χ0) is 21.5. The Morgan fingerprint density at radius 1 is 1.20 bits per heavy atom. The molecule has 8 nitrogen and oxygen atoms in total. The predicted octanol–water partition coefficient (Wildman–Crippen LogP) is 2.35. The summed E-state index contributed by atoms with van der Waals surface area (Å²) in [7, 11) is -3.51. The molecule has 4 rings (SSSR count). The molecule has 9 heteroatoms. The van der Waals surface area contributed by atoms with Gasteiger partial charge in [0.25, 0.3) is 5.78 Å². The maximum atomic E-state index is 13.2. The van der Waals surface area contributed by atoms with Crippen molar-refractivity contribution < 1.29 is 13.2 Å². The maximum absolute atomic E-state index is 13.2. The van der Waals surface area contributed by atoms with Gasteiger partial charge in [-0.05, 0) is 32.3 Å². The van der Waals surface area contributed by atoms with Gasteiger partial charge in [-0.15, -0.1) is 0 Å². The first-order valence-electron chi connectivity index (χ1n) is 9.99. The van der Waals surface area contributed by atoms with E-state index in [2.05, 4.69) is 15.1 Å². The Kier molecular flexibility index (Phi) is 5.31. The molecule has 3 aromatic rings. The number of benzene rings is 1. The molecule has 30 heavy (non-hydrogen) atoms. The number of fused-ring (bicyclic) bond motifs is 1. The maximum Gasteiger partial charge on any atom is 0.252 e. The van der Waals surface area contributed by atoms with Gasteiger partial charge in [0.1, 0.15) is 11.2 Å². The van der Waals surface area contributed by atoms with Crippen LogP contribution in [0.1, 0.15) is 48.4 Å². The Morgan fingerprint density at radius 3 is 2.63 bits per heavy atom. The van der Waals surface area contributed by atoms with E-state index in [9.17, 15) is 13.2 Å². The van der Waals surface area contributed by atoms with Crippen molar-refractivity contribution in [1.82, 2.24) is 24.5 Å². The second-order valence-electron chi connectivity index (χ2n) is 8.01. The van der Waals surface area contributed by atoms with Crippen LogP contribution >= 0.6 is 0 Å². The minimum Gasteiger partial charge on any atom is -0.342 e. The third-order valence-electron chi connectivity index (χ3n) is 5.77. The van der Waals surface area contributed by atoms with Crippen molar-refractivity contribution in [2.75, 3.05) is 19.3 Å². The smallest absolute Gasteiger partial charge is 0.252 e. The van der Waals surface area contributed by atoms with Crippen molar-refractivity contribution in [2.24, 2.45) is 0 Å². The van der Waals surface area contributed by atoms with Gasteiger partial charge in [-0.2, -0.15) is 14.6 Å². The van der Waals surface area contributed by atoms with E-state index in [0.717, 1.165) is 24.0 Å². The third kappa shape index (κ3) is 3.81. The van der Waals surface area contributed by atoms with E-state index in [0.29, 0.717) is 24.6 Å².